The number of hydrogen-bond donors (Lipinski definition) is 2. The minimum atomic E-state index is -5.21. The van der Waals surface area contributed by atoms with Crippen molar-refractivity contribution in [3.63, 3.8) is 0 Å². The summed E-state index contributed by atoms with van der Waals surface area (Å²) in [5.41, 5.74) is -8.07. The van der Waals surface area contributed by atoms with E-state index in [4.69, 9.17) is 0 Å². The third kappa shape index (κ3) is 6.34. The van der Waals surface area contributed by atoms with Gasteiger partial charge in [0.2, 0.25) is 0 Å². The molecule has 0 bridgehead atoms. The molecular weight excluding hydrogens is 496 g/mol. The van der Waals surface area contributed by atoms with Crippen LogP contribution in [0.25, 0.3) is 0 Å². The first-order valence-electron chi connectivity index (χ1n) is 9.22. The van der Waals surface area contributed by atoms with Gasteiger partial charge < -0.3 is 10.6 Å². The molecule has 2 N–H and O–H groups in total. The first-order chi connectivity index (χ1) is 15.3. The van der Waals surface area contributed by atoms with Crippen LogP contribution < -0.4 is 10.6 Å². The van der Waals surface area contributed by atoms with Crippen LogP contribution in [0.2, 0.25) is 0 Å². The molecule has 0 saturated heterocycles. The molecule has 2 aromatic carbocycles. The van der Waals surface area contributed by atoms with E-state index in [1.165, 1.54) is 0 Å². The standard InChI is InChI=1S/C20H16F12N2/c1-33-15(9-3-11(17(21,22)23)7-12(4-9)18(24,25)26)16(34-2)10-5-13(19(27,28)29)8-14(6-10)20(30,31)32/h3-8,15-16,33-34H,1-2H3. The van der Waals surface area contributed by atoms with Gasteiger partial charge in [-0.05, 0) is 61.6 Å². The highest BCUT2D eigenvalue weighted by Gasteiger charge is 2.40. The van der Waals surface area contributed by atoms with Gasteiger partial charge in [-0.3, -0.25) is 0 Å². The summed E-state index contributed by atoms with van der Waals surface area (Å²) in [6.45, 7) is 0. The summed E-state index contributed by atoms with van der Waals surface area (Å²) in [7, 11) is 2.17. The van der Waals surface area contributed by atoms with Gasteiger partial charge >= 0.3 is 24.7 Å². The van der Waals surface area contributed by atoms with E-state index in [1.807, 2.05) is 0 Å². The number of halogens is 12. The van der Waals surface area contributed by atoms with Crippen molar-refractivity contribution in [2.45, 2.75) is 36.8 Å². The van der Waals surface area contributed by atoms with E-state index in [0.717, 1.165) is 14.1 Å². The zero-order chi connectivity index (χ0) is 26.3. The lowest BCUT2D eigenvalue weighted by Gasteiger charge is -2.30. The molecule has 0 heterocycles. The van der Waals surface area contributed by atoms with Gasteiger partial charge in [-0.15, -0.1) is 0 Å². The topological polar surface area (TPSA) is 24.1 Å². The van der Waals surface area contributed by atoms with Gasteiger partial charge in [0.15, 0.2) is 0 Å². The van der Waals surface area contributed by atoms with Crippen molar-refractivity contribution in [2.24, 2.45) is 0 Å². The van der Waals surface area contributed by atoms with Crippen LogP contribution in [0, 0.1) is 0 Å². The fourth-order valence-electron chi connectivity index (χ4n) is 3.37. The Kier molecular flexibility index (Phi) is 7.58. The molecule has 0 aliphatic rings. The van der Waals surface area contributed by atoms with E-state index < -0.39 is 70.2 Å². The smallest absolute Gasteiger partial charge is 0.311 e. The van der Waals surface area contributed by atoms with E-state index in [2.05, 4.69) is 10.6 Å². The lowest BCUT2D eigenvalue weighted by Crippen LogP contribution is -2.33. The Morgan fingerprint density at radius 3 is 0.794 bits per heavy atom. The van der Waals surface area contributed by atoms with Crippen LogP contribution in [-0.4, -0.2) is 14.1 Å². The molecule has 2 atom stereocenters. The van der Waals surface area contributed by atoms with Crippen LogP contribution in [0.15, 0.2) is 36.4 Å². The van der Waals surface area contributed by atoms with Crippen LogP contribution in [-0.2, 0) is 24.7 Å². The number of alkyl halides is 12. The van der Waals surface area contributed by atoms with Gasteiger partial charge in [0.25, 0.3) is 0 Å². The number of likely N-dealkylation sites (N-methyl/N-ethyl adjacent to an activating group) is 2. The predicted molar refractivity (Wildman–Crippen MR) is 96.5 cm³/mol. The second kappa shape index (κ2) is 9.29. The molecule has 0 aliphatic heterocycles. The molecule has 2 nitrogen and oxygen atoms in total. The molecule has 34 heavy (non-hydrogen) atoms. The van der Waals surface area contributed by atoms with E-state index in [0.29, 0.717) is 24.3 Å². The zero-order valence-electron chi connectivity index (χ0n) is 17.2. The summed E-state index contributed by atoms with van der Waals surface area (Å²) in [5.74, 6) is 0. The first-order valence-corrected chi connectivity index (χ1v) is 9.22. The van der Waals surface area contributed by atoms with Crippen LogP contribution >= 0.6 is 0 Å². The van der Waals surface area contributed by atoms with E-state index in [1.54, 1.807) is 0 Å². The highest BCUT2D eigenvalue weighted by Crippen LogP contribution is 2.42. The maximum atomic E-state index is 13.2. The highest BCUT2D eigenvalue weighted by molar-refractivity contribution is 5.40. The van der Waals surface area contributed by atoms with Gasteiger partial charge in [-0.1, -0.05) is 0 Å². The van der Waals surface area contributed by atoms with Gasteiger partial charge in [0, 0.05) is 0 Å². The SMILES string of the molecule is CNC(c1cc(C(F)(F)F)cc(C(F)(F)F)c1)C(NC)c1cc(C(F)(F)F)cc(C(F)(F)F)c1. The summed E-state index contributed by atoms with van der Waals surface area (Å²) in [5, 5.41) is 4.76. The molecule has 0 fully saturated rings. The average molecular weight is 512 g/mol. The Hall–Kier alpha value is -2.48. The molecule has 0 saturated carbocycles. The van der Waals surface area contributed by atoms with Crippen LogP contribution in [0.1, 0.15) is 45.5 Å². The fourth-order valence-corrected chi connectivity index (χ4v) is 3.37. The van der Waals surface area contributed by atoms with Crippen LogP contribution in [0.5, 0.6) is 0 Å². The molecule has 0 aromatic heterocycles. The van der Waals surface area contributed by atoms with Crippen molar-refractivity contribution in [3.05, 3.63) is 69.8 Å². The normalized spacial score (nSPS) is 15.4. The monoisotopic (exact) mass is 512 g/mol. The van der Waals surface area contributed by atoms with Crippen molar-refractivity contribution < 1.29 is 52.7 Å². The van der Waals surface area contributed by atoms with Crippen molar-refractivity contribution in [2.75, 3.05) is 14.1 Å². The van der Waals surface area contributed by atoms with E-state index in [-0.39, 0.29) is 12.1 Å². The molecule has 2 unspecified atom stereocenters. The second-order valence-electron chi connectivity index (χ2n) is 7.21. The van der Waals surface area contributed by atoms with E-state index in [9.17, 15) is 52.7 Å². The minimum absolute atomic E-state index is 0.142. The summed E-state index contributed by atoms with van der Waals surface area (Å²) >= 11 is 0. The highest BCUT2D eigenvalue weighted by atomic mass is 19.4. The Bertz CT molecular complexity index is 857. The third-order valence-electron chi connectivity index (χ3n) is 4.89. The van der Waals surface area contributed by atoms with Gasteiger partial charge in [0.05, 0.1) is 34.3 Å². The zero-order valence-corrected chi connectivity index (χ0v) is 17.2. The fraction of sp³-hybridized carbons (Fsp3) is 0.400. The van der Waals surface area contributed by atoms with Gasteiger partial charge in [-0.2, -0.15) is 52.7 Å². The lowest BCUT2D eigenvalue weighted by molar-refractivity contribution is -0.144. The van der Waals surface area contributed by atoms with Crippen molar-refractivity contribution >= 4 is 0 Å². The largest absolute Gasteiger partial charge is 0.416 e. The number of nitrogens with one attached hydrogen (secondary N) is 2. The van der Waals surface area contributed by atoms with Gasteiger partial charge in [-0.25, -0.2) is 0 Å². The maximum absolute atomic E-state index is 13.2. The lowest BCUT2D eigenvalue weighted by atomic mass is 9.89. The third-order valence-corrected chi connectivity index (χ3v) is 4.89. The van der Waals surface area contributed by atoms with E-state index >= 15 is 0 Å². The van der Waals surface area contributed by atoms with Crippen LogP contribution in [0.4, 0.5) is 52.7 Å². The predicted octanol–water partition coefficient (Wildman–Crippen LogP) is 6.98. The molecule has 0 aliphatic carbocycles. The quantitative estimate of drug-likeness (QED) is 0.423. The average Bonchev–Trinajstić information content (AvgIpc) is 2.68. The number of benzene rings is 2. The van der Waals surface area contributed by atoms with Crippen molar-refractivity contribution in [1.82, 2.24) is 10.6 Å². The molecule has 0 amide bonds. The van der Waals surface area contributed by atoms with Crippen molar-refractivity contribution in [1.29, 1.82) is 0 Å². The Morgan fingerprint density at radius 1 is 0.441 bits per heavy atom. The first kappa shape index (κ1) is 27.8. The molecule has 0 spiro atoms. The molecule has 190 valence electrons. The minimum Gasteiger partial charge on any atom is -0.311 e. The van der Waals surface area contributed by atoms with Crippen LogP contribution in [0.3, 0.4) is 0 Å². The van der Waals surface area contributed by atoms with Crippen molar-refractivity contribution in [3.8, 4) is 0 Å². The summed E-state index contributed by atoms with van der Waals surface area (Å²) in [6, 6.07) is -2.07. The summed E-state index contributed by atoms with van der Waals surface area (Å²) < 4.78 is 159. The Labute approximate surface area is 184 Å². The molecule has 14 heteroatoms. The molecule has 2 aromatic rings. The number of hydrogen-bond acceptors (Lipinski definition) is 2. The Morgan fingerprint density at radius 2 is 0.647 bits per heavy atom. The maximum Gasteiger partial charge on any atom is 0.416 e. The Balaban J connectivity index is 2.76. The second-order valence-corrected chi connectivity index (χ2v) is 7.21. The van der Waals surface area contributed by atoms with Gasteiger partial charge in [0.1, 0.15) is 0 Å². The summed E-state index contributed by atoms with van der Waals surface area (Å²) in [6.07, 6.45) is -20.8. The molecular formula is C20H16F12N2. The summed E-state index contributed by atoms with van der Waals surface area (Å²) in [4.78, 5) is 0. The molecule has 0 radical (unpaired) electrons. The molecule has 2 rings (SSSR count). The number of rotatable bonds is 5.